The van der Waals surface area contributed by atoms with Crippen LogP contribution in [0.4, 0.5) is 13.2 Å². The van der Waals surface area contributed by atoms with Gasteiger partial charge in [0.05, 0.1) is 17.5 Å². The van der Waals surface area contributed by atoms with Gasteiger partial charge in [-0.05, 0) is 13.0 Å². The van der Waals surface area contributed by atoms with Gasteiger partial charge in [0.1, 0.15) is 0 Å². The predicted molar refractivity (Wildman–Crippen MR) is 94.7 cm³/mol. The zero-order valence-corrected chi connectivity index (χ0v) is 14.2. The molecule has 136 valence electrons. The van der Waals surface area contributed by atoms with Crippen LogP contribution in [0.25, 0.3) is 34.3 Å². The van der Waals surface area contributed by atoms with Crippen LogP contribution in [0.15, 0.2) is 65.2 Å². The Morgan fingerprint density at radius 3 is 2.41 bits per heavy atom. The minimum atomic E-state index is -4.48. The maximum absolute atomic E-state index is 13.2. The molecule has 0 bridgehead atoms. The van der Waals surface area contributed by atoms with Crippen molar-refractivity contribution >= 4 is 0 Å². The van der Waals surface area contributed by atoms with E-state index in [-0.39, 0.29) is 17.2 Å². The summed E-state index contributed by atoms with van der Waals surface area (Å²) in [6.45, 7) is 1.86. The third kappa shape index (κ3) is 3.23. The maximum Gasteiger partial charge on any atom is 0.417 e. The monoisotopic (exact) mass is 369 g/mol. The number of halogens is 3. The van der Waals surface area contributed by atoms with Crippen molar-refractivity contribution in [2.45, 2.75) is 13.1 Å². The molecule has 0 fully saturated rings. The highest BCUT2D eigenvalue weighted by atomic mass is 19.4. The Bertz CT molecular complexity index is 1080. The highest BCUT2D eigenvalue weighted by Gasteiger charge is 2.34. The zero-order valence-electron chi connectivity index (χ0n) is 14.2. The molecule has 0 unspecified atom stereocenters. The van der Waals surface area contributed by atoms with Crippen molar-refractivity contribution in [3.05, 3.63) is 72.1 Å². The second-order valence-corrected chi connectivity index (χ2v) is 6.00. The molecule has 7 heteroatoms. The first-order valence-electron chi connectivity index (χ1n) is 8.18. The van der Waals surface area contributed by atoms with Crippen LogP contribution >= 0.6 is 0 Å². The van der Waals surface area contributed by atoms with Crippen LogP contribution in [0.5, 0.6) is 0 Å². The lowest BCUT2D eigenvalue weighted by molar-refractivity contribution is -0.137. The van der Waals surface area contributed by atoms with E-state index in [1.54, 1.807) is 0 Å². The molecule has 0 amide bonds. The molecule has 4 aromatic rings. The Morgan fingerprint density at radius 1 is 0.963 bits per heavy atom. The summed E-state index contributed by atoms with van der Waals surface area (Å²) >= 11 is 0. The van der Waals surface area contributed by atoms with Crippen molar-refractivity contribution in [3.63, 3.8) is 0 Å². The lowest BCUT2D eigenvalue weighted by Crippen LogP contribution is -2.06. The third-order valence-electron chi connectivity index (χ3n) is 4.14. The smallest absolute Gasteiger partial charge is 0.417 e. The number of hydrogen-bond donors (Lipinski definition) is 1. The van der Waals surface area contributed by atoms with Gasteiger partial charge in [0, 0.05) is 16.8 Å². The number of oxazole rings is 1. The average molecular weight is 369 g/mol. The molecule has 4 nitrogen and oxygen atoms in total. The van der Waals surface area contributed by atoms with E-state index in [1.807, 2.05) is 37.3 Å². The molecule has 0 aliphatic rings. The van der Waals surface area contributed by atoms with Crippen LogP contribution in [-0.2, 0) is 6.18 Å². The van der Waals surface area contributed by atoms with Crippen LogP contribution in [-0.4, -0.2) is 15.0 Å². The van der Waals surface area contributed by atoms with Crippen LogP contribution in [0.2, 0.25) is 0 Å². The molecule has 0 saturated carbocycles. The molecule has 4 rings (SSSR count). The highest BCUT2D eigenvalue weighted by molar-refractivity contribution is 5.67. The van der Waals surface area contributed by atoms with Crippen LogP contribution in [0, 0.1) is 6.92 Å². The first-order valence-corrected chi connectivity index (χ1v) is 8.18. The predicted octanol–water partition coefficient (Wildman–Crippen LogP) is 5.73. The Kier molecular flexibility index (Phi) is 4.07. The fourth-order valence-electron chi connectivity index (χ4n) is 2.89. The quantitative estimate of drug-likeness (QED) is 0.502. The second-order valence-electron chi connectivity index (χ2n) is 6.00. The number of nitrogens with one attached hydrogen (secondary N) is 1. The Hall–Kier alpha value is -3.35. The topological polar surface area (TPSA) is 54.7 Å². The number of alkyl halides is 3. The zero-order chi connectivity index (χ0) is 19.0. The Morgan fingerprint density at radius 2 is 1.67 bits per heavy atom. The van der Waals surface area contributed by atoms with Gasteiger partial charge in [-0.15, -0.1) is 0 Å². The molecule has 0 aliphatic carbocycles. The summed E-state index contributed by atoms with van der Waals surface area (Å²) < 4.78 is 45.3. The van der Waals surface area contributed by atoms with Gasteiger partial charge in [-0.2, -0.15) is 13.2 Å². The number of aromatic nitrogens is 3. The number of aromatic amines is 1. The molecular formula is C20H14F3N3O. The van der Waals surface area contributed by atoms with Gasteiger partial charge in [0.15, 0.2) is 11.6 Å². The average Bonchev–Trinajstić information content (AvgIpc) is 3.28. The number of H-pyrrole nitrogens is 1. The van der Waals surface area contributed by atoms with Gasteiger partial charge >= 0.3 is 6.18 Å². The van der Waals surface area contributed by atoms with E-state index in [0.717, 1.165) is 23.0 Å². The maximum atomic E-state index is 13.2. The molecule has 27 heavy (non-hydrogen) atoms. The van der Waals surface area contributed by atoms with E-state index in [1.165, 1.54) is 24.4 Å². The fourth-order valence-corrected chi connectivity index (χ4v) is 2.89. The summed E-state index contributed by atoms with van der Waals surface area (Å²) in [5.74, 6) is 0.530. The molecular weight excluding hydrogens is 355 g/mol. The number of aryl methyl sites for hydroxylation is 1. The lowest BCUT2D eigenvalue weighted by atomic mass is 10.1. The molecule has 1 N–H and O–H groups in total. The van der Waals surface area contributed by atoms with Crippen molar-refractivity contribution in [2.24, 2.45) is 0 Å². The lowest BCUT2D eigenvalue weighted by Gasteiger charge is -2.10. The standard InChI is InChI=1S/C20H14F3N3O/c1-12-17(13-7-3-2-4-8-13)26-18(25-12)19-24-11-16(27-19)14-9-5-6-10-15(14)20(21,22)23/h2-11H,1H3,(H,25,26). The largest absolute Gasteiger partial charge is 0.434 e. The van der Waals surface area contributed by atoms with Crippen LogP contribution < -0.4 is 0 Å². The molecule has 2 aromatic heterocycles. The van der Waals surface area contributed by atoms with Crippen molar-refractivity contribution in [1.29, 1.82) is 0 Å². The normalized spacial score (nSPS) is 11.7. The van der Waals surface area contributed by atoms with E-state index in [2.05, 4.69) is 15.0 Å². The summed E-state index contributed by atoms with van der Waals surface area (Å²) in [4.78, 5) is 11.7. The molecule has 0 spiro atoms. The fraction of sp³-hybridized carbons (Fsp3) is 0.100. The van der Waals surface area contributed by atoms with E-state index in [9.17, 15) is 13.2 Å². The summed E-state index contributed by atoms with van der Waals surface area (Å²) in [6, 6.07) is 14.8. The van der Waals surface area contributed by atoms with Gasteiger partial charge in [-0.1, -0.05) is 48.5 Å². The summed E-state index contributed by atoms with van der Waals surface area (Å²) in [5.41, 5.74) is 1.64. The number of nitrogens with zero attached hydrogens (tertiary/aromatic N) is 2. The van der Waals surface area contributed by atoms with Crippen LogP contribution in [0.3, 0.4) is 0 Å². The second kappa shape index (κ2) is 6.42. The van der Waals surface area contributed by atoms with E-state index >= 15 is 0 Å². The summed E-state index contributed by atoms with van der Waals surface area (Å²) in [5, 5.41) is 0. The van der Waals surface area contributed by atoms with Gasteiger partial charge in [0.25, 0.3) is 5.89 Å². The molecule has 2 heterocycles. The van der Waals surface area contributed by atoms with Crippen molar-refractivity contribution in [1.82, 2.24) is 15.0 Å². The van der Waals surface area contributed by atoms with E-state index in [4.69, 9.17) is 4.42 Å². The number of rotatable bonds is 3. The molecule has 0 atom stereocenters. The Balaban J connectivity index is 1.73. The van der Waals surface area contributed by atoms with Gasteiger partial charge in [-0.3, -0.25) is 0 Å². The van der Waals surface area contributed by atoms with E-state index < -0.39 is 11.7 Å². The highest BCUT2D eigenvalue weighted by Crippen LogP contribution is 2.38. The van der Waals surface area contributed by atoms with E-state index in [0.29, 0.717) is 5.82 Å². The third-order valence-corrected chi connectivity index (χ3v) is 4.14. The summed E-state index contributed by atoms with van der Waals surface area (Å²) in [7, 11) is 0. The molecule has 0 aliphatic heterocycles. The SMILES string of the molecule is Cc1[nH]c(-c2ncc(-c3ccccc3C(F)(F)F)o2)nc1-c1ccccc1. The first-order chi connectivity index (χ1) is 12.9. The molecule has 0 radical (unpaired) electrons. The number of hydrogen-bond acceptors (Lipinski definition) is 3. The minimum absolute atomic E-state index is 0.0354. The minimum Gasteiger partial charge on any atom is -0.434 e. The molecule has 2 aromatic carbocycles. The van der Waals surface area contributed by atoms with Crippen molar-refractivity contribution in [3.8, 4) is 34.3 Å². The molecule has 0 saturated heterocycles. The Labute approximate surface area is 152 Å². The van der Waals surface area contributed by atoms with Gasteiger partial charge < -0.3 is 9.40 Å². The first kappa shape index (κ1) is 17.1. The number of benzene rings is 2. The van der Waals surface area contributed by atoms with Crippen LogP contribution in [0.1, 0.15) is 11.3 Å². The van der Waals surface area contributed by atoms with Gasteiger partial charge in [-0.25, -0.2) is 9.97 Å². The summed E-state index contributed by atoms with van der Waals surface area (Å²) in [6.07, 6.45) is -3.20. The van der Waals surface area contributed by atoms with Crippen molar-refractivity contribution in [2.75, 3.05) is 0 Å². The number of imidazole rings is 1. The van der Waals surface area contributed by atoms with Gasteiger partial charge in [0.2, 0.25) is 0 Å². The van der Waals surface area contributed by atoms with Crippen molar-refractivity contribution < 1.29 is 17.6 Å².